The van der Waals surface area contributed by atoms with Crippen LogP contribution >= 0.6 is 0 Å². The number of nitrogens with one attached hydrogen (secondary N) is 1. The fraction of sp³-hybridized carbons (Fsp3) is 0.143. The standard InChI is InChI=1S/C14H12F2N2O2/c1-18-8-10(3-5-13(18)19)14(20)17-7-9-2-4-11(15)12(16)6-9/h2-6,8H,7H2,1H3,(H,17,20). The van der Waals surface area contributed by atoms with E-state index in [0.717, 1.165) is 12.1 Å². The summed E-state index contributed by atoms with van der Waals surface area (Å²) in [6, 6.07) is 6.11. The van der Waals surface area contributed by atoms with Gasteiger partial charge in [-0.2, -0.15) is 0 Å². The van der Waals surface area contributed by atoms with Crippen molar-refractivity contribution in [3.8, 4) is 0 Å². The van der Waals surface area contributed by atoms with Gasteiger partial charge in [-0.15, -0.1) is 0 Å². The molecule has 0 bridgehead atoms. The Kier molecular flexibility index (Phi) is 3.93. The van der Waals surface area contributed by atoms with E-state index in [4.69, 9.17) is 0 Å². The lowest BCUT2D eigenvalue weighted by Gasteiger charge is -2.07. The number of hydrogen-bond donors (Lipinski definition) is 1. The SMILES string of the molecule is Cn1cc(C(=O)NCc2ccc(F)c(F)c2)ccc1=O. The largest absolute Gasteiger partial charge is 0.348 e. The molecule has 0 saturated heterocycles. The molecule has 2 aromatic rings. The van der Waals surface area contributed by atoms with Crippen molar-refractivity contribution in [1.82, 2.24) is 9.88 Å². The molecule has 104 valence electrons. The Hall–Kier alpha value is -2.50. The molecule has 1 heterocycles. The van der Waals surface area contributed by atoms with E-state index < -0.39 is 17.5 Å². The minimum Gasteiger partial charge on any atom is -0.348 e. The fourth-order valence-electron chi connectivity index (χ4n) is 1.66. The average Bonchev–Trinajstić information content (AvgIpc) is 2.43. The molecule has 6 heteroatoms. The predicted octanol–water partition coefficient (Wildman–Crippen LogP) is 1.59. The highest BCUT2D eigenvalue weighted by Gasteiger charge is 2.07. The number of aryl methyl sites for hydroxylation is 1. The van der Waals surface area contributed by atoms with Gasteiger partial charge in [0, 0.05) is 25.9 Å². The molecule has 1 amide bonds. The third kappa shape index (κ3) is 3.09. The first-order valence-electron chi connectivity index (χ1n) is 5.86. The van der Waals surface area contributed by atoms with Gasteiger partial charge in [-0.25, -0.2) is 8.78 Å². The Morgan fingerprint density at radius 1 is 1.20 bits per heavy atom. The van der Waals surface area contributed by atoms with Gasteiger partial charge < -0.3 is 9.88 Å². The van der Waals surface area contributed by atoms with Gasteiger partial charge in [0.05, 0.1) is 5.56 Å². The van der Waals surface area contributed by atoms with E-state index in [-0.39, 0.29) is 12.1 Å². The van der Waals surface area contributed by atoms with Crippen LogP contribution in [0.2, 0.25) is 0 Å². The molecule has 20 heavy (non-hydrogen) atoms. The van der Waals surface area contributed by atoms with E-state index in [1.54, 1.807) is 0 Å². The summed E-state index contributed by atoms with van der Waals surface area (Å²) in [5, 5.41) is 2.57. The number of hydrogen-bond acceptors (Lipinski definition) is 2. The summed E-state index contributed by atoms with van der Waals surface area (Å²) in [7, 11) is 1.54. The first kappa shape index (κ1) is 13.9. The molecule has 4 nitrogen and oxygen atoms in total. The zero-order valence-corrected chi connectivity index (χ0v) is 10.7. The number of carbonyl (C=O) groups excluding carboxylic acids is 1. The Morgan fingerprint density at radius 3 is 2.60 bits per heavy atom. The van der Waals surface area contributed by atoms with Crippen molar-refractivity contribution in [3.63, 3.8) is 0 Å². The number of nitrogens with zero attached hydrogens (tertiary/aromatic N) is 1. The second-order valence-corrected chi connectivity index (χ2v) is 4.30. The molecule has 0 atom stereocenters. The van der Waals surface area contributed by atoms with Crippen molar-refractivity contribution >= 4 is 5.91 Å². The molecule has 0 unspecified atom stereocenters. The molecule has 0 aliphatic rings. The molecular formula is C14H12F2N2O2. The number of benzene rings is 1. The van der Waals surface area contributed by atoms with E-state index in [1.165, 1.54) is 36.0 Å². The van der Waals surface area contributed by atoms with Gasteiger partial charge in [-0.05, 0) is 23.8 Å². The molecule has 0 fully saturated rings. The van der Waals surface area contributed by atoms with E-state index in [2.05, 4.69) is 5.32 Å². The third-order valence-corrected chi connectivity index (χ3v) is 2.79. The Labute approximate surface area is 113 Å². The summed E-state index contributed by atoms with van der Waals surface area (Å²) in [6.07, 6.45) is 1.41. The molecule has 2 rings (SSSR count). The quantitative estimate of drug-likeness (QED) is 0.927. The Morgan fingerprint density at radius 2 is 1.95 bits per heavy atom. The highest BCUT2D eigenvalue weighted by Crippen LogP contribution is 2.08. The van der Waals surface area contributed by atoms with E-state index in [9.17, 15) is 18.4 Å². The van der Waals surface area contributed by atoms with Crippen LogP contribution in [0.25, 0.3) is 0 Å². The van der Waals surface area contributed by atoms with Crippen LogP contribution in [0.3, 0.4) is 0 Å². The Balaban J connectivity index is 2.06. The van der Waals surface area contributed by atoms with Crippen LogP contribution in [-0.2, 0) is 13.6 Å². The number of aromatic nitrogens is 1. The minimum absolute atomic E-state index is 0.0683. The van der Waals surface area contributed by atoms with E-state index >= 15 is 0 Å². The van der Waals surface area contributed by atoms with Gasteiger partial charge >= 0.3 is 0 Å². The van der Waals surface area contributed by atoms with Crippen molar-refractivity contribution in [3.05, 3.63) is 69.6 Å². The zero-order valence-electron chi connectivity index (χ0n) is 10.7. The smallest absolute Gasteiger partial charge is 0.253 e. The molecule has 0 spiro atoms. The van der Waals surface area contributed by atoms with Gasteiger partial charge in [-0.1, -0.05) is 6.07 Å². The molecule has 0 saturated carbocycles. The molecule has 0 radical (unpaired) electrons. The maximum Gasteiger partial charge on any atom is 0.253 e. The van der Waals surface area contributed by atoms with Crippen LogP contribution in [0.1, 0.15) is 15.9 Å². The van der Waals surface area contributed by atoms with Crippen LogP contribution in [-0.4, -0.2) is 10.5 Å². The summed E-state index contributed by atoms with van der Waals surface area (Å²) in [5.41, 5.74) is 0.541. The summed E-state index contributed by atoms with van der Waals surface area (Å²) >= 11 is 0. The van der Waals surface area contributed by atoms with Crippen LogP contribution in [0.15, 0.2) is 41.3 Å². The lowest BCUT2D eigenvalue weighted by molar-refractivity contribution is 0.0950. The lowest BCUT2D eigenvalue weighted by Crippen LogP contribution is -2.25. The lowest BCUT2D eigenvalue weighted by atomic mass is 10.2. The van der Waals surface area contributed by atoms with E-state index in [1.807, 2.05) is 0 Å². The van der Waals surface area contributed by atoms with Crippen molar-refractivity contribution in [1.29, 1.82) is 0 Å². The summed E-state index contributed by atoms with van der Waals surface area (Å²) in [5.74, 6) is -2.29. The molecule has 1 N–H and O–H groups in total. The van der Waals surface area contributed by atoms with Gasteiger partial charge in [0.2, 0.25) is 5.56 Å². The monoisotopic (exact) mass is 278 g/mol. The molecular weight excluding hydrogens is 266 g/mol. The van der Waals surface area contributed by atoms with Gasteiger partial charge in [-0.3, -0.25) is 9.59 Å². The van der Waals surface area contributed by atoms with Crippen LogP contribution in [0.4, 0.5) is 8.78 Å². The maximum absolute atomic E-state index is 13.0. The van der Waals surface area contributed by atoms with E-state index in [0.29, 0.717) is 11.1 Å². The number of rotatable bonds is 3. The summed E-state index contributed by atoms with van der Waals surface area (Å²) in [4.78, 5) is 23.0. The van der Waals surface area contributed by atoms with Crippen LogP contribution in [0, 0.1) is 11.6 Å². The number of amides is 1. The van der Waals surface area contributed by atoms with Crippen molar-refractivity contribution in [2.24, 2.45) is 7.05 Å². The highest BCUT2D eigenvalue weighted by atomic mass is 19.2. The van der Waals surface area contributed by atoms with Gasteiger partial charge in [0.25, 0.3) is 5.91 Å². The maximum atomic E-state index is 13.0. The Bertz CT molecular complexity index is 711. The first-order valence-corrected chi connectivity index (χ1v) is 5.86. The molecule has 1 aromatic heterocycles. The minimum atomic E-state index is -0.959. The summed E-state index contributed by atoms with van der Waals surface area (Å²) in [6.45, 7) is 0.0683. The fourth-order valence-corrected chi connectivity index (χ4v) is 1.66. The van der Waals surface area contributed by atoms with Crippen molar-refractivity contribution < 1.29 is 13.6 Å². The van der Waals surface area contributed by atoms with Crippen molar-refractivity contribution in [2.75, 3.05) is 0 Å². The predicted molar refractivity (Wildman–Crippen MR) is 69.2 cm³/mol. The highest BCUT2D eigenvalue weighted by molar-refractivity contribution is 5.93. The zero-order chi connectivity index (χ0) is 14.7. The van der Waals surface area contributed by atoms with Crippen LogP contribution < -0.4 is 10.9 Å². The second-order valence-electron chi connectivity index (χ2n) is 4.30. The number of halogens is 2. The number of carbonyl (C=O) groups is 1. The third-order valence-electron chi connectivity index (χ3n) is 2.79. The topological polar surface area (TPSA) is 51.1 Å². The number of pyridine rings is 1. The molecule has 0 aliphatic carbocycles. The van der Waals surface area contributed by atoms with Crippen LogP contribution in [0.5, 0.6) is 0 Å². The first-order chi connectivity index (χ1) is 9.47. The van der Waals surface area contributed by atoms with Gasteiger partial charge in [0.1, 0.15) is 0 Å². The molecule has 0 aliphatic heterocycles. The second kappa shape index (κ2) is 5.64. The molecule has 1 aromatic carbocycles. The average molecular weight is 278 g/mol. The summed E-state index contributed by atoms with van der Waals surface area (Å²) < 4.78 is 27.0. The normalized spacial score (nSPS) is 10.3. The van der Waals surface area contributed by atoms with Gasteiger partial charge in [0.15, 0.2) is 11.6 Å². The van der Waals surface area contributed by atoms with Crippen molar-refractivity contribution in [2.45, 2.75) is 6.54 Å².